The van der Waals surface area contributed by atoms with Gasteiger partial charge in [0, 0.05) is 12.0 Å². The Bertz CT molecular complexity index is 1030. The predicted molar refractivity (Wildman–Crippen MR) is 132 cm³/mol. The van der Waals surface area contributed by atoms with Gasteiger partial charge in [-0.1, -0.05) is 12.0 Å². The van der Waals surface area contributed by atoms with Crippen LogP contribution in [0.1, 0.15) is 50.0 Å². The van der Waals surface area contributed by atoms with Crippen LogP contribution in [-0.2, 0) is 30.4 Å². The molecule has 1 fully saturated rings. The molecule has 1 aliphatic rings. The second-order valence-corrected chi connectivity index (χ2v) is 10.2. The van der Waals surface area contributed by atoms with Crippen LogP contribution in [0.3, 0.4) is 0 Å². The minimum Gasteiger partial charge on any atom is -0.479 e. The summed E-state index contributed by atoms with van der Waals surface area (Å²) < 4.78 is 21.4. The summed E-state index contributed by atoms with van der Waals surface area (Å²) in [5.41, 5.74) is -0.652. The molecule has 0 bridgehead atoms. The normalized spacial score (nSPS) is 23.7. The van der Waals surface area contributed by atoms with Gasteiger partial charge in [0.05, 0.1) is 17.8 Å². The molecule has 1 heterocycles. The number of carbonyl (C=O) groups excluding carboxylic acids is 2. The molecule has 0 unspecified atom stereocenters. The van der Waals surface area contributed by atoms with Crippen molar-refractivity contribution in [1.82, 2.24) is 5.32 Å². The van der Waals surface area contributed by atoms with Gasteiger partial charge in [-0.15, -0.1) is 6.42 Å². The molecule has 12 heteroatoms. The van der Waals surface area contributed by atoms with Gasteiger partial charge in [0.2, 0.25) is 6.29 Å². The van der Waals surface area contributed by atoms with Crippen LogP contribution in [0.4, 0.5) is 0 Å². The largest absolute Gasteiger partial charge is 0.479 e. The number of ether oxygens (including phenoxy) is 4. The molecule has 1 aromatic rings. The molecular formula is C26H35NO11. The molecule has 38 heavy (non-hydrogen) atoms. The van der Waals surface area contributed by atoms with Crippen molar-refractivity contribution in [3.8, 4) is 18.1 Å². The van der Waals surface area contributed by atoms with Crippen molar-refractivity contribution < 1.29 is 53.8 Å². The molecule has 5 N–H and O–H groups in total. The molecule has 2 rings (SSSR count). The molecule has 12 nitrogen and oxygen atoms in total. The second-order valence-electron chi connectivity index (χ2n) is 10.2. The van der Waals surface area contributed by atoms with E-state index < -0.39 is 53.6 Å². The fraction of sp³-hybridized carbons (Fsp3) is 0.577. The first-order chi connectivity index (χ1) is 17.7. The van der Waals surface area contributed by atoms with Gasteiger partial charge in [0.1, 0.15) is 30.7 Å². The van der Waals surface area contributed by atoms with Crippen molar-refractivity contribution in [3.05, 3.63) is 29.3 Å². The second kappa shape index (κ2) is 13.0. The lowest BCUT2D eigenvalue weighted by atomic mass is 9.95. The Kier molecular flexibility index (Phi) is 10.6. The molecule has 1 aliphatic heterocycles. The number of carboxylic acid groups (broad SMARTS) is 1. The highest BCUT2D eigenvalue weighted by Gasteiger charge is 2.48. The molecule has 210 valence electrons. The zero-order valence-electron chi connectivity index (χ0n) is 21.7. The third kappa shape index (κ3) is 8.41. The molecular weight excluding hydrogens is 502 g/mol. The first-order valence-corrected chi connectivity index (χ1v) is 11.9. The van der Waals surface area contributed by atoms with Crippen LogP contribution in [0.25, 0.3) is 0 Å². The number of carboxylic acids is 1. The van der Waals surface area contributed by atoms with E-state index in [1.54, 1.807) is 0 Å². The molecule has 0 aliphatic carbocycles. The van der Waals surface area contributed by atoms with Crippen molar-refractivity contribution in [2.45, 2.75) is 77.0 Å². The van der Waals surface area contributed by atoms with E-state index in [0.717, 1.165) is 0 Å². The average molecular weight is 538 g/mol. The molecule has 0 radical (unpaired) electrons. The maximum Gasteiger partial charge on any atom is 0.335 e. The Labute approximate surface area is 220 Å². The highest BCUT2D eigenvalue weighted by Crippen LogP contribution is 2.28. The minimum atomic E-state index is -1.90. The van der Waals surface area contributed by atoms with Crippen LogP contribution in [-0.4, -0.2) is 88.2 Å². The zero-order chi connectivity index (χ0) is 28.7. The molecule has 1 aromatic carbocycles. The monoisotopic (exact) mass is 537 g/mol. The smallest absolute Gasteiger partial charge is 0.335 e. The van der Waals surface area contributed by atoms with E-state index in [9.17, 15) is 34.8 Å². The molecule has 0 aromatic heterocycles. The average Bonchev–Trinajstić information content (AvgIpc) is 2.86. The van der Waals surface area contributed by atoms with Crippen LogP contribution in [0, 0.1) is 17.8 Å². The maximum absolute atomic E-state index is 13.1. The van der Waals surface area contributed by atoms with Crippen LogP contribution in [0.15, 0.2) is 18.2 Å². The van der Waals surface area contributed by atoms with E-state index in [2.05, 4.69) is 11.2 Å². The van der Waals surface area contributed by atoms with Crippen molar-refractivity contribution in [2.24, 2.45) is 5.41 Å². The number of benzene rings is 1. The summed E-state index contributed by atoms with van der Waals surface area (Å²) in [5.74, 6) is 0.378. The lowest BCUT2D eigenvalue weighted by Crippen LogP contribution is -2.61. The van der Waals surface area contributed by atoms with Gasteiger partial charge in [-0.3, -0.25) is 9.59 Å². The molecule has 1 saturated heterocycles. The van der Waals surface area contributed by atoms with Gasteiger partial charge in [-0.05, 0) is 51.8 Å². The van der Waals surface area contributed by atoms with Gasteiger partial charge in [0.15, 0.2) is 6.10 Å². The fourth-order valence-corrected chi connectivity index (χ4v) is 3.41. The number of hydrogen-bond donors (Lipinski definition) is 5. The molecule has 5 atom stereocenters. The van der Waals surface area contributed by atoms with Crippen LogP contribution >= 0.6 is 0 Å². The number of amides is 1. The first-order valence-electron chi connectivity index (χ1n) is 11.9. The number of hydrogen-bond acceptors (Lipinski definition) is 10. The zero-order valence-corrected chi connectivity index (χ0v) is 21.7. The molecule has 0 saturated carbocycles. The number of carbonyl (C=O) groups is 3. The maximum atomic E-state index is 13.1. The van der Waals surface area contributed by atoms with E-state index >= 15 is 0 Å². The molecule has 0 spiro atoms. The Morgan fingerprint density at radius 2 is 1.84 bits per heavy atom. The van der Waals surface area contributed by atoms with Crippen LogP contribution < -0.4 is 10.1 Å². The van der Waals surface area contributed by atoms with E-state index in [1.807, 2.05) is 27.7 Å². The minimum absolute atomic E-state index is 0.0347. The summed E-state index contributed by atoms with van der Waals surface area (Å²) in [6.45, 7) is 8.10. The van der Waals surface area contributed by atoms with Crippen molar-refractivity contribution in [3.63, 3.8) is 0 Å². The van der Waals surface area contributed by atoms with E-state index in [1.165, 1.54) is 18.2 Å². The number of nitrogens with one attached hydrogen (secondary N) is 1. The number of aliphatic hydroxyl groups is 3. The highest BCUT2D eigenvalue weighted by atomic mass is 16.7. The first kappa shape index (κ1) is 31.0. The summed E-state index contributed by atoms with van der Waals surface area (Å²) in [5, 5.41) is 42.2. The third-order valence-electron chi connectivity index (χ3n) is 5.89. The number of terminal acetylenes is 1. The predicted octanol–water partition coefficient (Wildman–Crippen LogP) is 0.205. The number of aliphatic carboxylic acids is 1. The van der Waals surface area contributed by atoms with Gasteiger partial charge in [0.25, 0.3) is 12.4 Å². The third-order valence-corrected chi connectivity index (χ3v) is 5.89. The number of aliphatic hydroxyl groups excluding tert-OH is 3. The van der Waals surface area contributed by atoms with Crippen LogP contribution in [0.5, 0.6) is 5.75 Å². The van der Waals surface area contributed by atoms with Crippen molar-refractivity contribution in [2.75, 3.05) is 13.2 Å². The Morgan fingerprint density at radius 3 is 2.45 bits per heavy atom. The van der Waals surface area contributed by atoms with Gasteiger partial charge in [-0.2, -0.15) is 0 Å². The van der Waals surface area contributed by atoms with Gasteiger partial charge >= 0.3 is 5.97 Å². The topological polar surface area (TPSA) is 181 Å². The van der Waals surface area contributed by atoms with Crippen molar-refractivity contribution in [1.29, 1.82) is 0 Å². The SMILES string of the molecule is C#CC(C)(C)COC(C)(C)CCNC(=O)c1cc(COC=O)ccc1O[C@@H]1O[C@H](C(=O)O)[C@@H](O)[C@H](O)[C@H]1O. The Morgan fingerprint density at radius 1 is 1.16 bits per heavy atom. The van der Waals surface area contributed by atoms with E-state index in [-0.39, 0.29) is 30.9 Å². The van der Waals surface area contributed by atoms with Crippen LogP contribution in [0.2, 0.25) is 0 Å². The van der Waals surface area contributed by atoms with E-state index in [0.29, 0.717) is 18.6 Å². The van der Waals surface area contributed by atoms with Gasteiger partial charge < -0.3 is 44.7 Å². The quantitative estimate of drug-likeness (QED) is 0.171. The summed E-state index contributed by atoms with van der Waals surface area (Å²) in [6.07, 6.45) is -3.26. The van der Waals surface area contributed by atoms with E-state index in [4.69, 9.17) is 25.4 Å². The highest BCUT2D eigenvalue weighted by molar-refractivity contribution is 5.97. The summed E-state index contributed by atoms with van der Waals surface area (Å²) >= 11 is 0. The summed E-state index contributed by atoms with van der Waals surface area (Å²) in [7, 11) is 0. The lowest BCUT2D eigenvalue weighted by molar-refractivity contribution is -0.271. The standard InChI is InChI=1S/C26H35NO11/c1-6-25(2,3)13-36-26(4,5)9-10-27-22(32)16-11-15(12-35-14-28)7-8-17(16)37-24-20(31)18(29)19(30)21(38-24)23(33)34/h1,7-8,11,14,18-21,24,29-31H,9-10,12-13H2,2-5H3,(H,27,32)(H,33,34)/t18-,19-,20+,21-,24+/m0/s1. The van der Waals surface area contributed by atoms with Crippen molar-refractivity contribution >= 4 is 18.3 Å². The number of rotatable bonds is 13. The molecule has 1 amide bonds. The summed E-state index contributed by atoms with van der Waals surface area (Å²) in [6, 6.07) is 4.21. The Balaban J connectivity index is 2.19. The fourth-order valence-electron chi connectivity index (χ4n) is 3.41. The summed E-state index contributed by atoms with van der Waals surface area (Å²) in [4.78, 5) is 35.1. The Hall–Kier alpha value is -3.21. The lowest BCUT2D eigenvalue weighted by Gasteiger charge is -2.38. The van der Waals surface area contributed by atoms with Gasteiger partial charge in [-0.25, -0.2) is 4.79 Å².